The molecule has 2 aliphatic heterocycles. The Morgan fingerprint density at radius 1 is 0.532 bits per heavy atom. The van der Waals surface area contributed by atoms with Gasteiger partial charge in [0.05, 0.1) is 0 Å². The number of nitrogens with one attached hydrogen (secondary N) is 2. The molecule has 4 N–H and O–H groups in total. The van der Waals surface area contributed by atoms with E-state index in [1.54, 1.807) is 28.4 Å². The van der Waals surface area contributed by atoms with Gasteiger partial charge in [-0.3, -0.25) is 9.11 Å². The summed E-state index contributed by atoms with van der Waals surface area (Å²) in [5.41, 5.74) is -6.59. The van der Waals surface area contributed by atoms with Crippen LogP contribution in [0, 0.1) is 0 Å². The van der Waals surface area contributed by atoms with Crippen LogP contribution in [0.4, 0.5) is 37.7 Å². The Morgan fingerprint density at radius 3 is 0.935 bits per heavy atom. The van der Waals surface area contributed by atoms with E-state index in [-0.39, 0.29) is 12.1 Å². The van der Waals surface area contributed by atoms with Crippen molar-refractivity contribution in [1.29, 1.82) is 0 Å². The Kier molecular flexibility index (Phi) is 18.4. The summed E-state index contributed by atoms with van der Waals surface area (Å²) in [7, 11) is -5.02. The van der Waals surface area contributed by atoms with Gasteiger partial charge in [0.25, 0.3) is 0 Å². The fourth-order valence-electron chi connectivity index (χ4n) is 5.55. The Balaban J connectivity index is 0.000000247. The van der Waals surface area contributed by atoms with Crippen LogP contribution in [-0.2, 0) is 62.9 Å². The van der Waals surface area contributed by atoms with E-state index in [4.69, 9.17) is 69.3 Å². The average Bonchev–Trinajstić information content (AvgIpc) is 3.71. The van der Waals surface area contributed by atoms with Crippen LogP contribution in [0.2, 0.25) is 0 Å². The van der Waals surface area contributed by atoms with Crippen LogP contribution in [0.5, 0.6) is 23.0 Å². The molecule has 0 aromatic heterocycles. The van der Waals surface area contributed by atoms with Crippen LogP contribution in [0.25, 0.3) is 0 Å². The number of quaternary nitrogens is 2. The van der Waals surface area contributed by atoms with E-state index in [1.807, 2.05) is 72.8 Å². The average molecular weight is 1140 g/mol. The molecule has 0 amide bonds. The number of hydrogen-bond donors (Lipinski definition) is 4. The third-order valence-corrected chi connectivity index (χ3v) is 13.5. The first kappa shape index (κ1) is 53.0. The molecule has 4 atom stereocenters. The second-order valence-electron chi connectivity index (χ2n) is 12.4. The first-order valence-electron chi connectivity index (χ1n) is 17.0. The van der Waals surface area contributed by atoms with Gasteiger partial charge in [0.2, 0.25) is 0 Å². The first-order chi connectivity index (χ1) is 28.7. The zero-order valence-corrected chi connectivity index (χ0v) is 38.6. The van der Waals surface area contributed by atoms with E-state index in [0.717, 1.165) is 57.7 Å². The molecule has 2 fully saturated rings. The topological polar surface area (TPSA) is 170 Å². The van der Waals surface area contributed by atoms with Gasteiger partial charge in [-0.25, -0.2) is 0 Å². The van der Waals surface area contributed by atoms with Crippen molar-refractivity contribution in [3.8, 4) is 23.0 Å². The van der Waals surface area contributed by atoms with Crippen molar-refractivity contribution < 1.29 is 114 Å². The fraction of sp³-hybridized carbons (Fsp3) is 0.278. The van der Waals surface area contributed by atoms with Crippen molar-refractivity contribution in [2.75, 3.05) is 41.5 Å². The zero-order valence-electron chi connectivity index (χ0n) is 32.4. The predicted octanol–water partition coefficient (Wildman–Crippen LogP) is 6.99. The Hall–Kier alpha value is -3.34. The number of ether oxygens (including phenoxy) is 4. The molecule has 62 heavy (non-hydrogen) atoms. The van der Waals surface area contributed by atoms with Gasteiger partial charge in [-0.1, -0.05) is 0 Å². The molecule has 4 unspecified atom stereocenters. The minimum atomic E-state index is -5.84. The maximum atomic E-state index is 10.7. The summed E-state index contributed by atoms with van der Waals surface area (Å²) < 4.78 is 137. The summed E-state index contributed by atoms with van der Waals surface area (Å²) in [6, 6.07) is 32.4. The molecular formula is C36H38Ag2F6N4O10S4+4. The number of alkyl halides is 6. The van der Waals surface area contributed by atoms with Crippen molar-refractivity contribution in [3.05, 3.63) is 108 Å². The molecule has 0 radical (unpaired) electrons. The van der Waals surface area contributed by atoms with Crippen LogP contribution >= 0.6 is 24.4 Å². The van der Waals surface area contributed by atoms with Gasteiger partial charge in [0.15, 0.2) is 0 Å². The van der Waals surface area contributed by atoms with Gasteiger partial charge in [-0.05, 0) is 0 Å². The van der Waals surface area contributed by atoms with E-state index < -0.39 is 31.3 Å². The van der Waals surface area contributed by atoms with E-state index >= 15 is 0 Å². The molecule has 0 aliphatic carbocycles. The van der Waals surface area contributed by atoms with Gasteiger partial charge >= 0.3 is 340 Å². The zero-order chi connectivity index (χ0) is 46.9. The van der Waals surface area contributed by atoms with Gasteiger partial charge in [-0.2, -0.15) is 43.2 Å². The van der Waals surface area contributed by atoms with Crippen molar-refractivity contribution in [1.82, 2.24) is 16.4 Å². The summed E-state index contributed by atoms with van der Waals surface area (Å²) in [6.45, 7) is 1.53. The van der Waals surface area contributed by atoms with Crippen LogP contribution in [0.3, 0.4) is 0 Å². The normalized spacial score (nSPS) is 21.0. The molecule has 0 spiro atoms. The van der Waals surface area contributed by atoms with Gasteiger partial charge < -0.3 is 0 Å². The van der Waals surface area contributed by atoms with Gasteiger partial charge in [0, 0.05) is 0 Å². The second-order valence-corrected chi connectivity index (χ2v) is 18.0. The van der Waals surface area contributed by atoms with Crippen LogP contribution in [-0.4, -0.2) is 88.7 Å². The predicted molar refractivity (Wildman–Crippen MR) is 217 cm³/mol. The minimum Gasteiger partial charge on any atom is -0.279 e. The Bertz CT molecular complexity index is 2200. The molecule has 0 bridgehead atoms. The quantitative estimate of drug-likeness (QED) is 0.0468. The SMILES string of the molecule is COc1ccc(C2CNC(=S)[N+]2([Ag+])c2ccc(OC)cc2)cc1.COc1ccc(C2CNC(=S)[N+]2([Ag+])c2ccc(OC)cc2)cc1.O=S(=O)(O)C(F)(F)F.O=S(=O)(O)C(F)(F)F. The summed E-state index contributed by atoms with van der Waals surface area (Å²) in [6.07, 6.45) is 0. The molecule has 4 aromatic rings. The molecule has 2 aliphatic rings. The maximum Gasteiger partial charge on any atom is 0.522 e. The van der Waals surface area contributed by atoms with Gasteiger partial charge in [-0.15, -0.1) is 0 Å². The number of methoxy groups -OCH3 is 4. The summed E-state index contributed by atoms with van der Waals surface area (Å²) >= 11 is 18.9. The molecule has 2 heterocycles. The van der Waals surface area contributed by atoms with E-state index in [1.165, 1.54) is 11.1 Å². The fourth-order valence-corrected chi connectivity index (χ4v) is 7.57. The summed E-state index contributed by atoms with van der Waals surface area (Å²) in [5.74, 6) is 3.34. The molecule has 346 valence electrons. The Labute approximate surface area is 389 Å². The second kappa shape index (κ2) is 21.6. The molecule has 0 saturated carbocycles. The van der Waals surface area contributed by atoms with Crippen LogP contribution in [0.15, 0.2) is 97.1 Å². The van der Waals surface area contributed by atoms with Crippen molar-refractivity contribution in [2.45, 2.75) is 23.1 Å². The van der Waals surface area contributed by atoms with Crippen molar-refractivity contribution in [2.24, 2.45) is 0 Å². The van der Waals surface area contributed by atoms with E-state index in [0.29, 0.717) is 5.77 Å². The van der Waals surface area contributed by atoms with Crippen LogP contribution in [0.1, 0.15) is 23.2 Å². The van der Waals surface area contributed by atoms with Crippen molar-refractivity contribution >= 4 is 66.3 Å². The number of halogens is 6. The third kappa shape index (κ3) is 12.9. The molecule has 26 heteroatoms. The smallest absolute Gasteiger partial charge is 0.279 e. The number of benzene rings is 4. The van der Waals surface area contributed by atoms with E-state index in [2.05, 4.69) is 77.6 Å². The number of nitrogens with zero attached hydrogens (tertiary/aromatic N) is 2. The number of hydrogen-bond acceptors (Lipinski definition) is 10. The number of thiocarbonyl (C=S) groups is 2. The van der Waals surface area contributed by atoms with E-state index in [9.17, 15) is 26.3 Å². The summed E-state index contributed by atoms with van der Waals surface area (Å²) in [5, 5.41) is 8.11. The molecule has 14 nitrogen and oxygen atoms in total. The summed E-state index contributed by atoms with van der Waals surface area (Å²) in [4.78, 5) is 0. The minimum absolute atomic E-state index is 0.139. The third-order valence-electron chi connectivity index (χ3n) is 8.71. The Morgan fingerprint density at radius 2 is 0.742 bits per heavy atom. The number of rotatable bonds is 8. The maximum absolute atomic E-state index is 10.7. The van der Waals surface area contributed by atoms with Crippen molar-refractivity contribution in [3.63, 3.8) is 0 Å². The monoisotopic (exact) mass is 1140 g/mol. The van der Waals surface area contributed by atoms with Crippen LogP contribution < -0.4 is 35.4 Å². The molecule has 6 rings (SSSR count). The molecule has 4 aromatic carbocycles. The standard InChI is InChI=1S/2C17H18N2O2S.2CHF3O3S.2Ag/c2*1-20-14-7-3-12(4-8-14)16-11-18-17(22)19(16)13-5-9-15(21-2)10-6-13;2*2-1(3,4)8(5,6)7;;/h2*3-10,16H,11H2,1-2H3,(H,18,22);2*(H,5,6,7);;/q;;;;2*+2. The molecular weight excluding hydrogens is 1110 g/mol. The van der Waals surface area contributed by atoms with Gasteiger partial charge in [0.1, 0.15) is 0 Å². The first-order valence-corrected chi connectivity index (χ1v) is 22.0. The largest absolute Gasteiger partial charge is 0.522 e. The molecule has 2 saturated heterocycles.